The first-order valence-electron chi connectivity index (χ1n) is 4.83. The molecule has 1 nitrogen and oxygen atoms in total. The Kier molecular flexibility index (Phi) is 3.21. The third kappa shape index (κ3) is 2.43. The Morgan fingerprint density at radius 2 is 1.83 bits per heavy atom. The van der Waals surface area contributed by atoms with Crippen molar-refractivity contribution in [2.24, 2.45) is 0 Å². The van der Waals surface area contributed by atoms with Crippen molar-refractivity contribution in [3.63, 3.8) is 0 Å². The topological polar surface area (TPSA) is 17.1 Å². The highest BCUT2D eigenvalue weighted by atomic mass is 32.1. The van der Waals surface area contributed by atoms with Crippen LogP contribution in [-0.2, 0) is 6.18 Å². The van der Waals surface area contributed by atoms with Crippen LogP contribution in [0.25, 0.3) is 0 Å². The fourth-order valence-corrected chi connectivity index (χ4v) is 2.08. The van der Waals surface area contributed by atoms with Crippen molar-refractivity contribution in [3.05, 3.63) is 57.5 Å². The molecule has 0 aliphatic rings. The largest absolute Gasteiger partial charge is 0.419 e. The molecule has 2 aromatic rings. The Labute approximate surface area is 104 Å². The average Bonchev–Trinajstić information content (AvgIpc) is 2.79. The van der Waals surface area contributed by atoms with Crippen LogP contribution in [0, 0.1) is 5.82 Å². The van der Waals surface area contributed by atoms with Crippen molar-refractivity contribution >= 4 is 17.1 Å². The third-order valence-electron chi connectivity index (χ3n) is 2.32. The zero-order valence-electron chi connectivity index (χ0n) is 8.79. The van der Waals surface area contributed by atoms with Gasteiger partial charge in [-0.2, -0.15) is 24.5 Å². The van der Waals surface area contributed by atoms with Gasteiger partial charge < -0.3 is 0 Å². The summed E-state index contributed by atoms with van der Waals surface area (Å²) in [4.78, 5) is 11.8. The molecule has 0 saturated heterocycles. The highest BCUT2D eigenvalue weighted by Gasteiger charge is 2.34. The molecular formula is C12H6F4OS. The van der Waals surface area contributed by atoms with Gasteiger partial charge in [-0.15, -0.1) is 0 Å². The third-order valence-corrected chi connectivity index (χ3v) is 3.00. The zero-order valence-corrected chi connectivity index (χ0v) is 9.61. The molecule has 0 radical (unpaired) electrons. The predicted octanol–water partition coefficient (Wildman–Crippen LogP) is 4.14. The molecule has 0 spiro atoms. The molecule has 0 fully saturated rings. The van der Waals surface area contributed by atoms with E-state index in [1.165, 1.54) is 17.4 Å². The van der Waals surface area contributed by atoms with Crippen LogP contribution >= 0.6 is 11.3 Å². The summed E-state index contributed by atoms with van der Waals surface area (Å²) in [6.07, 6.45) is -4.76. The van der Waals surface area contributed by atoms with E-state index in [2.05, 4.69) is 0 Å². The summed E-state index contributed by atoms with van der Waals surface area (Å²) in [5.41, 5.74) is -1.14. The van der Waals surface area contributed by atoms with Gasteiger partial charge in [0.25, 0.3) is 0 Å². The molecule has 6 heteroatoms. The van der Waals surface area contributed by atoms with E-state index in [9.17, 15) is 22.4 Å². The predicted molar refractivity (Wildman–Crippen MR) is 59.2 cm³/mol. The smallest absolute Gasteiger partial charge is 0.289 e. The molecule has 0 amide bonds. The Bertz CT molecular complexity index is 572. The molecule has 1 heterocycles. The number of carbonyl (C=O) groups excluding carboxylic acids is 1. The minimum Gasteiger partial charge on any atom is -0.289 e. The summed E-state index contributed by atoms with van der Waals surface area (Å²) in [6, 6.07) is 3.70. The maximum absolute atomic E-state index is 13.3. The van der Waals surface area contributed by atoms with E-state index in [1.807, 2.05) is 0 Å². The second-order valence-corrected chi connectivity index (χ2v) is 4.31. The molecule has 2 rings (SSSR count). The van der Waals surface area contributed by atoms with E-state index in [1.54, 1.807) is 10.8 Å². The van der Waals surface area contributed by atoms with Gasteiger partial charge in [-0.05, 0) is 23.6 Å². The van der Waals surface area contributed by atoms with Crippen LogP contribution in [0.4, 0.5) is 17.6 Å². The van der Waals surface area contributed by atoms with Crippen molar-refractivity contribution in [1.29, 1.82) is 0 Å². The summed E-state index contributed by atoms with van der Waals surface area (Å²) in [6.45, 7) is 0. The van der Waals surface area contributed by atoms with Crippen molar-refractivity contribution < 1.29 is 22.4 Å². The molecular weight excluding hydrogens is 268 g/mol. The number of carbonyl (C=O) groups is 1. The van der Waals surface area contributed by atoms with E-state index < -0.39 is 23.3 Å². The molecule has 94 valence electrons. The van der Waals surface area contributed by atoms with E-state index in [-0.39, 0.29) is 5.56 Å². The quantitative estimate of drug-likeness (QED) is 0.594. The number of alkyl halides is 3. The molecule has 0 aliphatic carbocycles. The van der Waals surface area contributed by atoms with Gasteiger partial charge in [0.1, 0.15) is 5.82 Å². The molecule has 18 heavy (non-hydrogen) atoms. The molecule has 0 bridgehead atoms. The Morgan fingerprint density at radius 3 is 2.33 bits per heavy atom. The van der Waals surface area contributed by atoms with E-state index in [0.29, 0.717) is 17.7 Å². The molecule has 0 N–H and O–H groups in total. The first kappa shape index (κ1) is 12.8. The Hall–Kier alpha value is -1.69. The number of thiophene rings is 1. The maximum Gasteiger partial charge on any atom is 0.419 e. The number of hydrogen-bond donors (Lipinski definition) is 0. The lowest BCUT2D eigenvalue weighted by atomic mass is 10.0. The fourth-order valence-electron chi connectivity index (χ4n) is 1.45. The monoisotopic (exact) mass is 274 g/mol. The van der Waals surface area contributed by atoms with Gasteiger partial charge in [0, 0.05) is 16.5 Å². The van der Waals surface area contributed by atoms with Gasteiger partial charge >= 0.3 is 6.18 Å². The molecule has 1 aromatic carbocycles. The number of halogens is 4. The van der Waals surface area contributed by atoms with Gasteiger partial charge in [-0.1, -0.05) is 6.07 Å². The van der Waals surface area contributed by atoms with Crippen molar-refractivity contribution in [2.75, 3.05) is 0 Å². The van der Waals surface area contributed by atoms with E-state index >= 15 is 0 Å². The normalized spacial score (nSPS) is 11.6. The van der Waals surface area contributed by atoms with E-state index in [4.69, 9.17) is 0 Å². The van der Waals surface area contributed by atoms with Gasteiger partial charge in [0.2, 0.25) is 0 Å². The lowest BCUT2D eigenvalue weighted by Crippen LogP contribution is -2.09. The van der Waals surface area contributed by atoms with Gasteiger partial charge in [0.05, 0.1) is 5.56 Å². The highest BCUT2D eigenvalue weighted by Crippen LogP contribution is 2.31. The van der Waals surface area contributed by atoms with Crippen LogP contribution in [0.3, 0.4) is 0 Å². The van der Waals surface area contributed by atoms with Gasteiger partial charge in [0.15, 0.2) is 5.78 Å². The minimum absolute atomic E-state index is 0.0982. The summed E-state index contributed by atoms with van der Waals surface area (Å²) < 4.78 is 50.3. The average molecular weight is 274 g/mol. The van der Waals surface area contributed by atoms with Crippen LogP contribution in [0.5, 0.6) is 0 Å². The maximum atomic E-state index is 13.3. The Balaban J connectivity index is 2.38. The standard InChI is InChI=1S/C12H6F4OS/c13-10-5-7(1-2-9(10)12(14,15)16)11(17)8-3-4-18-6-8/h1-6H. The lowest BCUT2D eigenvalue weighted by molar-refractivity contribution is -0.140. The molecule has 1 aromatic heterocycles. The second-order valence-electron chi connectivity index (χ2n) is 3.53. The summed E-state index contributed by atoms with van der Waals surface area (Å²) in [5, 5.41) is 3.21. The molecule has 0 saturated carbocycles. The van der Waals surface area contributed by atoms with Crippen molar-refractivity contribution in [3.8, 4) is 0 Å². The van der Waals surface area contributed by atoms with Crippen LogP contribution in [-0.4, -0.2) is 5.78 Å². The van der Waals surface area contributed by atoms with Gasteiger partial charge in [-0.25, -0.2) is 4.39 Å². The van der Waals surface area contributed by atoms with Crippen molar-refractivity contribution in [2.45, 2.75) is 6.18 Å². The zero-order chi connectivity index (χ0) is 13.3. The molecule has 0 atom stereocenters. The van der Waals surface area contributed by atoms with Crippen LogP contribution < -0.4 is 0 Å². The molecule has 0 aliphatic heterocycles. The summed E-state index contributed by atoms with van der Waals surface area (Å²) >= 11 is 1.28. The Morgan fingerprint density at radius 1 is 1.11 bits per heavy atom. The van der Waals surface area contributed by atoms with Crippen molar-refractivity contribution in [1.82, 2.24) is 0 Å². The summed E-state index contributed by atoms with van der Waals surface area (Å²) in [7, 11) is 0. The van der Waals surface area contributed by atoms with Crippen LogP contribution in [0.1, 0.15) is 21.5 Å². The van der Waals surface area contributed by atoms with Gasteiger partial charge in [-0.3, -0.25) is 4.79 Å². The SMILES string of the molecule is O=C(c1ccsc1)c1ccc(C(F)(F)F)c(F)c1. The minimum atomic E-state index is -4.76. The molecule has 0 unspecified atom stereocenters. The lowest BCUT2D eigenvalue weighted by Gasteiger charge is -2.08. The first-order valence-corrected chi connectivity index (χ1v) is 5.77. The van der Waals surface area contributed by atoms with E-state index in [0.717, 1.165) is 6.07 Å². The first-order chi connectivity index (χ1) is 8.39. The number of ketones is 1. The fraction of sp³-hybridized carbons (Fsp3) is 0.0833. The highest BCUT2D eigenvalue weighted by molar-refractivity contribution is 7.08. The van der Waals surface area contributed by atoms with Crippen LogP contribution in [0.15, 0.2) is 35.0 Å². The van der Waals surface area contributed by atoms with Crippen LogP contribution in [0.2, 0.25) is 0 Å². The second kappa shape index (κ2) is 4.53. The number of hydrogen-bond acceptors (Lipinski definition) is 2. The number of benzene rings is 1. The number of rotatable bonds is 2. The summed E-state index contributed by atoms with van der Waals surface area (Å²) in [5.74, 6) is -1.94.